The van der Waals surface area contributed by atoms with Crippen molar-refractivity contribution >= 4 is 19.0 Å². The predicted molar refractivity (Wildman–Crippen MR) is 202 cm³/mol. The number of halogens is 1. The monoisotopic (exact) mass is 655 g/mol. The molecule has 1 fully saturated rings. The molecule has 0 bridgehead atoms. The Morgan fingerprint density at radius 3 is 1.77 bits per heavy atom. The van der Waals surface area contributed by atoms with Crippen molar-refractivity contribution in [2.75, 3.05) is 0 Å². The largest absolute Gasteiger partial charge is 0.299 e. The van der Waals surface area contributed by atoms with E-state index in [9.17, 15) is 9.18 Å². The van der Waals surface area contributed by atoms with Crippen LogP contribution in [0, 0.1) is 22.6 Å². The van der Waals surface area contributed by atoms with E-state index in [0.29, 0.717) is 41.7 Å². The highest BCUT2D eigenvalue weighted by Crippen LogP contribution is 2.60. The summed E-state index contributed by atoms with van der Waals surface area (Å²) in [5.41, 5.74) is 7.98. The van der Waals surface area contributed by atoms with Crippen molar-refractivity contribution in [3.63, 3.8) is 0 Å². The summed E-state index contributed by atoms with van der Waals surface area (Å²) in [5, 5.41) is 10.7. The molecule has 0 N–H and O–H groups in total. The van der Waals surface area contributed by atoms with Gasteiger partial charge in [0.1, 0.15) is 11.6 Å². The smallest absolute Gasteiger partial charge is 0.139 e. The lowest BCUT2D eigenvalue weighted by molar-refractivity contribution is -0.124. The molecule has 4 rings (SSSR count). The fourth-order valence-electron chi connectivity index (χ4n) is 7.33. The molecular formula is C43H59FNOP. The number of nitriles is 1. The summed E-state index contributed by atoms with van der Waals surface area (Å²) >= 11 is 0. The van der Waals surface area contributed by atoms with Crippen molar-refractivity contribution < 1.29 is 9.18 Å². The quantitative estimate of drug-likeness (QED) is 0.248. The molecule has 1 saturated carbocycles. The van der Waals surface area contributed by atoms with Crippen LogP contribution in [0.3, 0.4) is 0 Å². The highest BCUT2D eigenvalue weighted by molar-refractivity contribution is 7.68. The van der Waals surface area contributed by atoms with Gasteiger partial charge in [-0.25, -0.2) is 4.39 Å². The molecule has 4 heteroatoms. The topological polar surface area (TPSA) is 40.9 Å². The van der Waals surface area contributed by atoms with Crippen molar-refractivity contribution in [2.45, 2.75) is 144 Å². The molecule has 0 spiro atoms. The Morgan fingerprint density at radius 2 is 1.36 bits per heavy atom. The number of Topliss-reactive ketones (excluding diaryl/α,β-unsaturated/α-hetero) is 1. The summed E-state index contributed by atoms with van der Waals surface area (Å²) in [5.74, 6) is 1.31. The van der Waals surface area contributed by atoms with Crippen LogP contribution >= 0.6 is 7.92 Å². The van der Waals surface area contributed by atoms with Gasteiger partial charge in [0.2, 0.25) is 0 Å². The molecule has 1 unspecified atom stereocenters. The number of carbonyl (C=O) groups excluding carboxylic acids is 1. The van der Waals surface area contributed by atoms with Crippen molar-refractivity contribution in [3.05, 3.63) is 88.2 Å². The Labute approximate surface area is 287 Å². The molecule has 254 valence electrons. The summed E-state index contributed by atoms with van der Waals surface area (Å²) in [6.45, 7) is 32.4. The lowest BCUT2D eigenvalue weighted by Gasteiger charge is -2.43. The first kappa shape index (κ1) is 38.6. The lowest BCUT2D eigenvalue weighted by atomic mass is 9.82. The van der Waals surface area contributed by atoms with Crippen LogP contribution in [0.15, 0.2) is 54.6 Å². The highest BCUT2D eigenvalue weighted by Gasteiger charge is 2.40. The normalized spacial score (nSPS) is 16.6. The van der Waals surface area contributed by atoms with E-state index in [0.717, 1.165) is 0 Å². The van der Waals surface area contributed by atoms with E-state index in [1.54, 1.807) is 17.4 Å². The molecule has 0 amide bonds. The van der Waals surface area contributed by atoms with E-state index in [1.807, 2.05) is 19.9 Å². The zero-order chi connectivity index (χ0) is 35.6. The summed E-state index contributed by atoms with van der Waals surface area (Å²) in [6.07, 6.45) is 1.07. The van der Waals surface area contributed by atoms with Gasteiger partial charge in [-0.3, -0.25) is 4.79 Å². The summed E-state index contributed by atoms with van der Waals surface area (Å²) in [4.78, 5) is 11.7. The van der Waals surface area contributed by atoms with Crippen LogP contribution in [-0.4, -0.2) is 16.1 Å². The van der Waals surface area contributed by atoms with Gasteiger partial charge in [-0.1, -0.05) is 147 Å². The zero-order valence-corrected chi connectivity index (χ0v) is 32.5. The molecule has 1 aliphatic rings. The second-order valence-corrected chi connectivity index (χ2v) is 20.8. The maximum atomic E-state index is 13.8. The maximum absolute atomic E-state index is 13.8. The number of benzene rings is 3. The molecule has 3 aromatic carbocycles. The minimum Gasteiger partial charge on any atom is -0.299 e. The van der Waals surface area contributed by atoms with Crippen LogP contribution in [0.1, 0.15) is 161 Å². The van der Waals surface area contributed by atoms with Gasteiger partial charge < -0.3 is 0 Å². The van der Waals surface area contributed by atoms with Gasteiger partial charge in [0.25, 0.3) is 0 Å². The van der Waals surface area contributed by atoms with Crippen molar-refractivity contribution in [3.8, 4) is 17.2 Å². The van der Waals surface area contributed by atoms with Gasteiger partial charge >= 0.3 is 0 Å². The van der Waals surface area contributed by atoms with E-state index in [4.69, 9.17) is 5.26 Å². The number of carbonyl (C=O) groups is 1. The van der Waals surface area contributed by atoms with Crippen LogP contribution in [-0.2, 0) is 4.79 Å². The fourth-order valence-corrected chi connectivity index (χ4v) is 11.4. The molecule has 0 heterocycles. The predicted octanol–water partition coefficient (Wildman–Crippen LogP) is 12.6. The van der Waals surface area contributed by atoms with Crippen molar-refractivity contribution in [1.82, 2.24) is 0 Å². The highest BCUT2D eigenvalue weighted by atomic mass is 31.1. The Kier molecular flexibility index (Phi) is 12.1. The van der Waals surface area contributed by atoms with Gasteiger partial charge in [0.15, 0.2) is 0 Å². The molecule has 0 saturated heterocycles. The first-order chi connectivity index (χ1) is 21.6. The Bertz CT molecular complexity index is 1570. The molecule has 1 aliphatic carbocycles. The molecule has 0 aliphatic heterocycles. The van der Waals surface area contributed by atoms with Crippen molar-refractivity contribution in [2.24, 2.45) is 5.41 Å². The number of rotatable bonds is 6. The number of ketones is 1. The Hall–Kier alpha value is -2.82. The molecule has 3 aromatic rings. The Morgan fingerprint density at radius 1 is 0.830 bits per heavy atom. The molecule has 2 nitrogen and oxygen atoms in total. The third-order valence-corrected chi connectivity index (χ3v) is 13.0. The minimum atomic E-state index is -0.375. The van der Waals surface area contributed by atoms with Crippen LogP contribution in [0.4, 0.5) is 4.39 Å². The SMILES string of the molecule is CC(C)c1cc(C(C)C)c(-c2ccccc2P(C(C)(C)C)C(C)(C)C)c(C(C)C)c1.CC1(C)CC(c2ccc(C#N)cc2F)CC1=O. The average Bonchev–Trinajstić information content (AvgIpc) is 3.22. The minimum absolute atomic E-state index is 0.0507. The maximum Gasteiger partial charge on any atom is 0.139 e. The van der Waals surface area contributed by atoms with E-state index in [2.05, 4.69) is 119 Å². The number of hydrogen-bond donors (Lipinski definition) is 0. The van der Waals surface area contributed by atoms with E-state index < -0.39 is 0 Å². The average molecular weight is 656 g/mol. The van der Waals surface area contributed by atoms with Gasteiger partial charge in [-0.05, 0) is 91.2 Å². The first-order valence-corrected chi connectivity index (χ1v) is 18.7. The zero-order valence-electron chi connectivity index (χ0n) is 31.6. The second-order valence-electron chi connectivity index (χ2n) is 17.0. The molecular weight excluding hydrogens is 596 g/mol. The molecule has 1 atom stereocenters. The van der Waals surface area contributed by atoms with E-state index >= 15 is 0 Å². The third-order valence-electron chi connectivity index (χ3n) is 9.40. The summed E-state index contributed by atoms with van der Waals surface area (Å²) in [6, 6.07) is 20.7. The van der Waals surface area contributed by atoms with Crippen molar-refractivity contribution in [1.29, 1.82) is 5.26 Å². The Balaban J connectivity index is 0.000000297. The van der Waals surface area contributed by atoms with Crippen LogP contribution < -0.4 is 5.30 Å². The second kappa shape index (κ2) is 14.7. The van der Waals surface area contributed by atoms with Crippen LogP contribution in [0.5, 0.6) is 0 Å². The van der Waals surface area contributed by atoms with Gasteiger partial charge in [0.05, 0.1) is 11.6 Å². The standard InChI is InChI=1S/C29H45P.C14H14FNO/c1-19(2)22-17-24(20(3)4)27(25(18-22)21(5)6)23-15-13-14-16-26(23)30(28(7,8)9)29(10,11)12;1-14(2)7-10(6-13(14)17)11-4-3-9(8-16)5-12(11)15/h13-21H,1-12H3;3-5,10H,6-7H2,1-2H3. The van der Waals surface area contributed by atoms with Crippen LogP contribution in [0.25, 0.3) is 11.1 Å². The van der Waals surface area contributed by atoms with Crippen LogP contribution in [0.2, 0.25) is 0 Å². The summed E-state index contributed by atoms with van der Waals surface area (Å²) in [7, 11) is -0.366. The third kappa shape index (κ3) is 9.00. The first-order valence-electron chi connectivity index (χ1n) is 17.4. The molecule has 0 radical (unpaired) electrons. The van der Waals surface area contributed by atoms with Gasteiger partial charge in [0, 0.05) is 11.8 Å². The molecule has 0 aromatic heterocycles. The lowest BCUT2D eigenvalue weighted by Crippen LogP contribution is -2.32. The number of nitrogens with zero attached hydrogens (tertiary/aromatic N) is 1. The fraction of sp³-hybridized carbons (Fsp3) is 0.535. The molecule has 47 heavy (non-hydrogen) atoms. The van der Waals surface area contributed by atoms with E-state index in [1.165, 1.54) is 33.9 Å². The summed E-state index contributed by atoms with van der Waals surface area (Å²) < 4.78 is 13.8. The number of hydrogen-bond acceptors (Lipinski definition) is 2. The van der Waals surface area contributed by atoms with E-state index in [-0.39, 0.29) is 41.2 Å². The van der Waals surface area contributed by atoms with Gasteiger partial charge in [-0.2, -0.15) is 5.26 Å². The van der Waals surface area contributed by atoms with Gasteiger partial charge in [-0.15, -0.1) is 0 Å².